The van der Waals surface area contributed by atoms with Crippen molar-refractivity contribution < 1.29 is 8.78 Å². The summed E-state index contributed by atoms with van der Waals surface area (Å²) in [5, 5.41) is 0. The van der Waals surface area contributed by atoms with E-state index in [4.69, 9.17) is 5.73 Å². The van der Waals surface area contributed by atoms with Crippen LogP contribution in [0, 0.1) is 11.3 Å². The first-order valence-corrected chi connectivity index (χ1v) is 4.64. The zero-order chi connectivity index (χ0) is 9.19. The molecule has 0 spiro atoms. The summed E-state index contributed by atoms with van der Waals surface area (Å²) >= 11 is 0. The van der Waals surface area contributed by atoms with Crippen molar-refractivity contribution in [2.45, 2.75) is 39.0 Å². The Hall–Kier alpha value is -0.180. The average Bonchev–Trinajstić information content (AvgIpc) is 1.95. The van der Waals surface area contributed by atoms with E-state index in [0.717, 1.165) is 25.7 Å². The topological polar surface area (TPSA) is 26.0 Å². The SMILES string of the molecule is CCC1(C(CN)C(F)F)CCC1. The molecule has 1 aliphatic rings. The molecule has 1 rings (SSSR count). The Morgan fingerprint density at radius 2 is 2.00 bits per heavy atom. The van der Waals surface area contributed by atoms with Crippen LogP contribution in [0.4, 0.5) is 8.78 Å². The maximum atomic E-state index is 12.5. The Balaban J connectivity index is 2.61. The Morgan fingerprint density at radius 1 is 1.42 bits per heavy atom. The molecule has 0 bridgehead atoms. The van der Waals surface area contributed by atoms with Gasteiger partial charge >= 0.3 is 0 Å². The summed E-state index contributed by atoms with van der Waals surface area (Å²) in [6.45, 7) is 2.12. The largest absolute Gasteiger partial charge is 0.330 e. The molecular weight excluding hydrogens is 160 g/mol. The second-order valence-corrected chi connectivity index (χ2v) is 3.75. The molecule has 0 aromatic carbocycles. The van der Waals surface area contributed by atoms with Crippen LogP contribution in [0.1, 0.15) is 32.6 Å². The van der Waals surface area contributed by atoms with Gasteiger partial charge in [-0.3, -0.25) is 0 Å². The molecule has 0 aromatic rings. The van der Waals surface area contributed by atoms with Gasteiger partial charge in [-0.15, -0.1) is 0 Å². The monoisotopic (exact) mass is 177 g/mol. The Bertz CT molecular complexity index is 138. The molecule has 72 valence electrons. The number of alkyl halides is 2. The van der Waals surface area contributed by atoms with Crippen LogP contribution in [-0.4, -0.2) is 13.0 Å². The average molecular weight is 177 g/mol. The van der Waals surface area contributed by atoms with Gasteiger partial charge in [-0.05, 0) is 24.7 Å². The van der Waals surface area contributed by atoms with Gasteiger partial charge in [-0.25, -0.2) is 8.78 Å². The van der Waals surface area contributed by atoms with Crippen molar-refractivity contribution in [3.05, 3.63) is 0 Å². The molecule has 3 heteroatoms. The summed E-state index contributed by atoms with van der Waals surface area (Å²) < 4.78 is 25.0. The van der Waals surface area contributed by atoms with Crippen LogP contribution in [0.2, 0.25) is 0 Å². The molecule has 0 aliphatic heterocycles. The minimum atomic E-state index is -2.24. The number of rotatable bonds is 4. The minimum absolute atomic E-state index is 0.122. The van der Waals surface area contributed by atoms with Crippen LogP contribution < -0.4 is 5.73 Å². The molecule has 1 atom stereocenters. The van der Waals surface area contributed by atoms with Crippen LogP contribution in [-0.2, 0) is 0 Å². The van der Waals surface area contributed by atoms with Gasteiger partial charge < -0.3 is 5.73 Å². The van der Waals surface area contributed by atoms with Crippen LogP contribution in [0.5, 0.6) is 0 Å². The fourth-order valence-corrected chi connectivity index (χ4v) is 2.24. The summed E-state index contributed by atoms with van der Waals surface area (Å²) in [5.41, 5.74) is 5.24. The van der Waals surface area contributed by atoms with Crippen molar-refractivity contribution in [3.63, 3.8) is 0 Å². The standard InChI is InChI=1S/C9H17F2N/c1-2-9(4-3-5-9)7(6-12)8(10)11/h7-8H,2-6,12H2,1H3. The van der Waals surface area contributed by atoms with E-state index >= 15 is 0 Å². The molecule has 0 aromatic heterocycles. The van der Waals surface area contributed by atoms with Crippen molar-refractivity contribution in [1.29, 1.82) is 0 Å². The van der Waals surface area contributed by atoms with E-state index < -0.39 is 12.3 Å². The normalized spacial score (nSPS) is 23.8. The summed E-state index contributed by atoms with van der Waals surface area (Å²) in [7, 11) is 0. The maximum Gasteiger partial charge on any atom is 0.243 e. The highest BCUT2D eigenvalue weighted by Gasteiger charge is 2.45. The first-order chi connectivity index (χ1) is 5.66. The fourth-order valence-electron chi connectivity index (χ4n) is 2.24. The fraction of sp³-hybridized carbons (Fsp3) is 1.00. The van der Waals surface area contributed by atoms with Gasteiger partial charge in [0.05, 0.1) is 0 Å². The lowest BCUT2D eigenvalue weighted by molar-refractivity contribution is -0.0503. The highest BCUT2D eigenvalue weighted by Crippen LogP contribution is 2.51. The molecular formula is C9H17F2N. The highest BCUT2D eigenvalue weighted by molar-refractivity contribution is 4.93. The third-order valence-electron chi connectivity index (χ3n) is 3.40. The molecule has 0 heterocycles. The van der Waals surface area contributed by atoms with E-state index in [2.05, 4.69) is 0 Å². The van der Waals surface area contributed by atoms with E-state index in [0.29, 0.717) is 0 Å². The van der Waals surface area contributed by atoms with Crippen molar-refractivity contribution in [2.75, 3.05) is 6.54 Å². The maximum absolute atomic E-state index is 12.5. The predicted octanol–water partition coefficient (Wildman–Crippen LogP) is 2.41. The number of nitrogens with two attached hydrogens (primary N) is 1. The number of hydrogen-bond acceptors (Lipinski definition) is 1. The Labute approximate surface area is 72.3 Å². The molecule has 1 nitrogen and oxygen atoms in total. The van der Waals surface area contributed by atoms with Gasteiger partial charge in [0.25, 0.3) is 0 Å². The summed E-state index contributed by atoms with van der Waals surface area (Å²) in [4.78, 5) is 0. The first-order valence-electron chi connectivity index (χ1n) is 4.64. The summed E-state index contributed by atoms with van der Waals surface area (Å²) in [5.74, 6) is -0.573. The molecule has 0 amide bonds. The Kier molecular flexibility index (Phi) is 3.04. The second-order valence-electron chi connectivity index (χ2n) is 3.75. The van der Waals surface area contributed by atoms with Gasteiger partial charge in [-0.2, -0.15) is 0 Å². The van der Waals surface area contributed by atoms with Gasteiger partial charge in [0.15, 0.2) is 0 Å². The second kappa shape index (κ2) is 3.69. The van der Waals surface area contributed by atoms with Gasteiger partial charge in [0.1, 0.15) is 0 Å². The predicted molar refractivity (Wildman–Crippen MR) is 45.1 cm³/mol. The molecule has 0 saturated heterocycles. The van der Waals surface area contributed by atoms with E-state index in [1.54, 1.807) is 0 Å². The third-order valence-corrected chi connectivity index (χ3v) is 3.40. The molecule has 12 heavy (non-hydrogen) atoms. The van der Waals surface area contributed by atoms with E-state index in [-0.39, 0.29) is 12.0 Å². The van der Waals surface area contributed by atoms with Crippen LogP contribution >= 0.6 is 0 Å². The van der Waals surface area contributed by atoms with Crippen molar-refractivity contribution in [1.82, 2.24) is 0 Å². The quantitative estimate of drug-likeness (QED) is 0.701. The lowest BCUT2D eigenvalue weighted by Crippen LogP contribution is -2.44. The van der Waals surface area contributed by atoms with Crippen LogP contribution in [0.15, 0.2) is 0 Å². The van der Waals surface area contributed by atoms with Gasteiger partial charge in [0, 0.05) is 12.5 Å². The number of hydrogen-bond donors (Lipinski definition) is 1. The number of halogens is 2. The zero-order valence-corrected chi connectivity index (χ0v) is 7.52. The molecule has 1 saturated carbocycles. The molecule has 0 radical (unpaired) electrons. The van der Waals surface area contributed by atoms with Crippen molar-refractivity contribution in [3.8, 4) is 0 Å². The summed E-state index contributed by atoms with van der Waals surface area (Å²) in [6, 6.07) is 0. The highest BCUT2D eigenvalue weighted by atomic mass is 19.3. The first kappa shape index (κ1) is 9.90. The van der Waals surface area contributed by atoms with E-state index in [1.807, 2.05) is 6.92 Å². The van der Waals surface area contributed by atoms with E-state index in [9.17, 15) is 8.78 Å². The summed E-state index contributed by atoms with van der Waals surface area (Å²) in [6.07, 6.45) is 1.58. The minimum Gasteiger partial charge on any atom is -0.330 e. The smallest absolute Gasteiger partial charge is 0.243 e. The lowest BCUT2D eigenvalue weighted by Gasteiger charge is -2.46. The Morgan fingerprint density at radius 3 is 2.08 bits per heavy atom. The van der Waals surface area contributed by atoms with Crippen molar-refractivity contribution in [2.24, 2.45) is 17.1 Å². The van der Waals surface area contributed by atoms with Crippen LogP contribution in [0.3, 0.4) is 0 Å². The molecule has 1 fully saturated rings. The third kappa shape index (κ3) is 1.47. The molecule has 1 unspecified atom stereocenters. The molecule has 1 aliphatic carbocycles. The van der Waals surface area contributed by atoms with Crippen molar-refractivity contribution >= 4 is 0 Å². The lowest BCUT2D eigenvalue weighted by atomic mass is 9.59. The van der Waals surface area contributed by atoms with Gasteiger partial charge in [-0.1, -0.05) is 13.3 Å². The van der Waals surface area contributed by atoms with Crippen LogP contribution in [0.25, 0.3) is 0 Å². The molecule has 2 N–H and O–H groups in total. The zero-order valence-electron chi connectivity index (χ0n) is 7.52. The van der Waals surface area contributed by atoms with E-state index in [1.165, 1.54) is 0 Å². The van der Waals surface area contributed by atoms with Gasteiger partial charge in [0.2, 0.25) is 6.43 Å².